The maximum atomic E-state index is 6.39. The molecule has 0 amide bonds. The Kier molecular flexibility index (Phi) is 5.00. The predicted molar refractivity (Wildman–Crippen MR) is 124 cm³/mol. The van der Waals surface area contributed by atoms with Gasteiger partial charge in [0, 0.05) is 41.3 Å². The standard InChI is InChI=1S/C23H18Br2ClNO2/c1-23(14-2-6-17(26)7-3-14)28-13-18(29-23)12-27-21-8-4-15(24)10-19(21)20-11-16(25)5-9-22(20)27/h2-11,18H,12-13H2,1H3/t18-,23-/m1/s1. The molecule has 0 saturated carbocycles. The van der Waals surface area contributed by atoms with Crippen LogP contribution in [0.15, 0.2) is 69.6 Å². The molecule has 29 heavy (non-hydrogen) atoms. The molecule has 0 radical (unpaired) electrons. The quantitative estimate of drug-likeness (QED) is 0.276. The van der Waals surface area contributed by atoms with Crippen LogP contribution in [0, 0.1) is 0 Å². The molecule has 0 aliphatic carbocycles. The van der Waals surface area contributed by atoms with E-state index in [9.17, 15) is 0 Å². The molecule has 0 spiro atoms. The molecule has 148 valence electrons. The van der Waals surface area contributed by atoms with Gasteiger partial charge in [-0.2, -0.15) is 0 Å². The van der Waals surface area contributed by atoms with Crippen LogP contribution in [0.3, 0.4) is 0 Å². The molecule has 1 aliphatic heterocycles. The van der Waals surface area contributed by atoms with Gasteiger partial charge in [-0.05, 0) is 55.5 Å². The molecule has 1 saturated heterocycles. The molecule has 6 heteroatoms. The second-order valence-corrected chi connectivity index (χ2v) is 9.70. The van der Waals surface area contributed by atoms with Crippen LogP contribution < -0.4 is 0 Å². The van der Waals surface area contributed by atoms with Crippen molar-refractivity contribution in [2.24, 2.45) is 0 Å². The number of fused-ring (bicyclic) bond motifs is 3. The topological polar surface area (TPSA) is 23.4 Å². The molecule has 1 aromatic heterocycles. The average molecular weight is 536 g/mol. The summed E-state index contributed by atoms with van der Waals surface area (Å²) in [7, 11) is 0. The lowest BCUT2D eigenvalue weighted by molar-refractivity contribution is -0.162. The molecule has 0 unspecified atom stereocenters. The fourth-order valence-electron chi connectivity index (χ4n) is 4.08. The van der Waals surface area contributed by atoms with Gasteiger partial charge in [-0.15, -0.1) is 0 Å². The van der Waals surface area contributed by atoms with Gasteiger partial charge in [-0.1, -0.05) is 55.6 Å². The Balaban J connectivity index is 1.51. The van der Waals surface area contributed by atoms with Crippen LogP contribution in [0.5, 0.6) is 0 Å². The number of halogens is 3. The van der Waals surface area contributed by atoms with Gasteiger partial charge in [-0.25, -0.2) is 0 Å². The number of benzene rings is 3. The number of hydrogen-bond acceptors (Lipinski definition) is 2. The molecular formula is C23H18Br2ClNO2. The van der Waals surface area contributed by atoms with Gasteiger partial charge in [0.05, 0.1) is 13.2 Å². The molecular weight excluding hydrogens is 518 g/mol. The summed E-state index contributed by atoms with van der Waals surface area (Å²) < 4.78 is 16.9. The van der Waals surface area contributed by atoms with E-state index in [2.05, 4.69) is 72.8 Å². The highest BCUT2D eigenvalue weighted by molar-refractivity contribution is 9.10. The van der Waals surface area contributed by atoms with Gasteiger partial charge in [0.15, 0.2) is 5.79 Å². The number of rotatable bonds is 3. The van der Waals surface area contributed by atoms with Crippen LogP contribution in [-0.4, -0.2) is 17.3 Å². The van der Waals surface area contributed by atoms with Crippen molar-refractivity contribution in [1.29, 1.82) is 0 Å². The first-order chi connectivity index (χ1) is 13.9. The van der Waals surface area contributed by atoms with Crippen LogP contribution in [0.2, 0.25) is 5.02 Å². The predicted octanol–water partition coefficient (Wildman–Crippen LogP) is 7.26. The van der Waals surface area contributed by atoms with Crippen LogP contribution in [-0.2, 0) is 21.8 Å². The summed E-state index contributed by atoms with van der Waals surface area (Å²) in [4.78, 5) is 0. The van der Waals surface area contributed by atoms with E-state index in [-0.39, 0.29) is 6.10 Å². The fraction of sp³-hybridized carbons (Fsp3) is 0.217. The Morgan fingerprint density at radius 1 is 0.966 bits per heavy atom. The number of nitrogens with zero attached hydrogens (tertiary/aromatic N) is 1. The highest BCUT2D eigenvalue weighted by Crippen LogP contribution is 2.37. The Hall–Kier alpha value is -1.37. The molecule has 3 nitrogen and oxygen atoms in total. The third-order valence-electron chi connectivity index (χ3n) is 5.48. The van der Waals surface area contributed by atoms with E-state index in [4.69, 9.17) is 21.1 Å². The molecule has 0 N–H and O–H groups in total. The van der Waals surface area contributed by atoms with Crippen molar-refractivity contribution in [3.8, 4) is 0 Å². The van der Waals surface area contributed by atoms with Gasteiger partial charge < -0.3 is 14.0 Å². The zero-order valence-electron chi connectivity index (χ0n) is 15.7. The van der Waals surface area contributed by atoms with Crippen molar-refractivity contribution in [1.82, 2.24) is 4.57 Å². The minimum Gasteiger partial charge on any atom is -0.343 e. The molecule has 4 aromatic rings. The summed E-state index contributed by atoms with van der Waals surface area (Å²) in [6, 6.07) is 20.5. The number of hydrogen-bond donors (Lipinski definition) is 0. The molecule has 3 aromatic carbocycles. The maximum Gasteiger partial charge on any atom is 0.192 e. The third-order valence-corrected chi connectivity index (χ3v) is 6.72. The lowest BCUT2D eigenvalue weighted by Gasteiger charge is -2.24. The summed E-state index contributed by atoms with van der Waals surface area (Å²) in [5, 5.41) is 3.14. The molecule has 1 aliphatic rings. The van der Waals surface area contributed by atoms with Gasteiger partial charge in [0.25, 0.3) is 0 Å². The van der Waals surface area contributed by atoms with E-state index in [1.54, 1.807) is 0 Å². The lowest BCUT2D eigenvalue weighted by atomic mass is 10.1. The Morgan fingerprint density at radius 3 is 2.14 bits per heavy atom. The van der Waals surface area contributed by atoms with Crippen molar-refractivity contribution < 1.29 is 9.47 Å². The van der Waals surface area contributed by atoms with E-state index in [1.165, 1.54) is 21.8 Å². The monoisotopic (exact) mass is 533 g/mol. The van der Waals surface area contributed by atoms with Crippen molar-refractivity contribution in [2.45, 2.75) is 25.4 Å². The van der Waals surface area contributed by atoms with E-state index >= 15 is 0 Å². The molecule has 1 fully saturated rings. The first kappa shape index (κ1) is 19.6. The molecule has 5 rings (SSSR count). The van der Waals surface area contributed by atoms with Crippen molar-refractivity contribution in [3.63, 3.8) is 0 Å². The van der Waals surface area contributed by atoms with Crippen LogP contribution in [0.4, 0.5) is 0 Å². The molecule has 2 atom stereocenters. The lowest BCUT2D eigenvalue weighted by Crippen LogP contribution is -2.25. The fourth-order valence-corrected chi connectivity index (χ4v) is 4.93. The number of aromatic nitrogens is 1. The van der Waals surface area contributed by atoms with Gasteiger partial charge in [0.1, 0.15) is 6.10 Å². The largest absolute Gasteiger partial charge is 0.343 e. The average Bonchev–Trinajstić information content (AvgIpc) is 3.21. The van der Waals surface area contributed by atoms with E-state index in [0.29, 0.717) is 18.2 Å². The van der Waals surface area contributed by atoms with Gasteiger partial charge in [0.2, 0.25) is 0 Å². The zero-order chi connectivity index (χ0) is 20.2. The smallest absolute Gasteiger partial charge is 0.192 e. The van der Waals surface area contributed by atoms with E-state index < -0.39 is 5.79 Å². The highest BCUT2D eigenvalue weighted by Gasteiger charge is 2.39. The van der Waals surface area contributed by atoms with Gasteiger partial charge in [-0.3, -0.25) is 0 Å². The van der Waals surface area contributed by atoms with Crippen LogP contribution >= 0.6 is 43.5 Å². The van der Waals surface area contributed by atoms with Crippen molar-refractivity contribution >= 4 is 65.3 Å². The molecule has 0 bridgehead atoms. The van der Waals surface area contributed by atoms with Crippen molar-refractivity contribution in [2.75, 3.05) is 6.61 Å². The Morgan fingerprint density at radius 2 is 1.55 bits per heavy atom. The maximum absolute atomic E-state index is 6.39. The SMILES string of the molecule is C[C@@]1(c2ccc(Cl)cc2)OC[C@@H](Cn2c3ccc(Br)cc3c3cc(Br)ccc32)O1. The van der Waals surface area contributed by atoms with Crippen molar-refractivity contribution in [3.05, 3.63) is 80.2 Å². The first-order valence-corrected chi connectivity index (χ1v) is 11.3. The Labute approximate surface area is 190 Å². The van der Waals surface area contributed by atoms with Crippen LogP contribution in [0.25, 0.3) is 21.8 Å². The summed E-state index contributed by atoms with van der Waals surface area (Å²) in [6.45, 7) is 3.22. The summed E-state index contributed by atoms with van der Waals surface area (Å²) in [6.07, 6.45) is -0.0539. The van der Waals surface area contributed by atoms with Crippen LogP contribution in [0.1, 0.15) is 12.5 Å². The zero-order valence-corrected chi connectivity index (χ0v) is 19.6. The normalized spacial score (nSPS) is 22.0. The minimum absolute atomic E-state index is 0.0539. The van der Waals surface area contributed by atoms with E-state index in [0.717, 1.165) is 14.5 Å². The second kappa shape index (κ2) is 7.40. The van der Waals surface area contributed by atoms with E-state index in [1.807, 2.05) is 31.2 Å². The molecule has 2 heterocycles. The summed E-state index contributed by atoms with van der Waals surface area (Å²) in [5.41, 5.74) is 3.34. The summed E-state index contributed by atoms with van der Waals surface area (Å²) >= 11 is 13.2. The Bertz CT molecular complexity index is 1160. The first-order valence-electron chi connectivity index (χ1n) is 9.38. The highest BCUT2D eigenvalue weighted by atomic mass is 79.9. The summed E-state index contributed by atoms with van der Waals surface area (Å²) in [5.74, 6) is -0.764. The number of ether oxygens (including phenoxy) is 2. The minimum atomic E-state index is -0.764. The van der Waals surface area contributed by atoms with Gasteiger partial charge >= 0.3 is 0 Å². The third kappa shape index (κ3) is 3.53. The second-order valence-electron chi connectivity index (χ2n) is 7.44.